The topological polar surface area (TPSA) is 81.2 Å². The van der Waals surface area contributed by atoms with Crippen molar-refractivity contribution < 1.29 is 19.0 Å². The Morgan fingerprint density at radius 2 is 1.82 bits per heavy atom. The van der Waals surface area contributed by atoms with Crippen LogP contribution in [0.1, 0.15) is 68.3 Å². The Morgan fingerprint density at radius 1 is 1.06 bits per heavy atom. The molecule has 8 heteroatoms. The van der Waals surface area contributed by atoms with E-state index >= 15 is 0 Å². The van der Waals surface area contributed by atoms with Gasteiger partial charge in [0.25, 0.3) is 0 Å². The highest BCUT2D eigenvalue weighted by molar-refractivity contribution is 7.80. The molecule has 0 aromatic heterocycles. The molecule has 0 heterocycles. The summed E-state index contributed by atoms with van der Waals surface area (Å²) in [5.74, 6) is 1.06. The summed E-state index contributed by atoms with van der Waals surface area (Å²) in [6, 6.07) is 12.6. The molecule has 0 aliphatic heterocycles. The van der Waals surface area contributed by atoms with E-state index in [0.717, 1.165) is 30.6 Å². The Morgan fingerprint density at radius 3 is 2.53 bits per heavy atom. The molecule has 182 valence electrons. The maximum absolute atomic E-state index is 12.6. The molecule has 0 bridgehead atoms. The van der Waals surface area contributed by atoms with Crippen LogP contribution < -0.4 is 25.0 Å². The number of carbonyl (C=O) groups is 1. The van der Waals surface area contributed by atoms with Crippen molar-refractivity contribution in [2.75, 3.05) is 13.2 Å². The molecule has 1 aliphatic rings. The number of hydrazone groups is 1. The molecule has 0 unspecified atom stereocenters. The van der Waals surface area contributed by atoms with Gasteiger partial charge in [-0.25, -0.2) is 4.79 Å². The van der Waals surface area contributed by atoms with Crippen LogP contribution in [0.4, 0.5) is 0 Å². The molecule has 1 aliphatic carbocycles. The van der Waals surface area contributed by atoms with Gasteiger partial charge in [-0.2, -0.15) is 5.10 Å². The van der Waals surface area contributed by atoms with Crippen LogP contribution in [0.25, 0.3) is 0 Å². The summed E-state index contributed by atoms with van der Waals surface area (Å²) >= 11 is 5.34. The predicted octanol–water partition coefficient (Wildman–Crippen LogP) is 5.22. The van der Waals surface area contributed by atoms with Crippen molar-refractivity contribution >= 4 is 29.5 Å². The molecular formula is C26H33N3O4S. The van der Waals surface area contributed by atoms with E-state index < -0.39 is 5.97 Å². The summed E-state index contributed by atoms with van der Waals surface area (Å²) in [5, 5.41) is 8.05. The van der Waals surface area contributed by atoms with Crippen LogP contribution in [0.3, 0.4) is 0 Å². The Bertz CT molecular complexity index is 973. The van der Waals surface area contributed by atoms with Gasteiger partial charge in [-0.15, -0.1) is 0 Å². The van der Waals surface area contributed by atoms with Crippen LogP contribution >= 0.6 is 12.2 Å². The van der Waals surface area contributed by atoms with Crippen LogP contribution in [-0.2, 0) is 0 Å². The summed E-state index contributed by atoms with van der Waals surface area (Å²) < 4.78 is 16.8. The van der Waals surface area contributed by atoms with Gasteiger partial charge < -0.3 is 19.5 Å². The number of carbonyl (C=O) groups excluding carboxylic acids is 1. The van der Waals surface area contributed by atoms with Crippen molar-refractivity contribution in [3.8, 4) is 17.2 Å². The molecule has 1 saturated carbocycles. The number of benzene rings is 2. The van der Waals surface area contributed by atoms with Crippen LogP contribution in [0.15, 0.2) is 47.6 Å². The normalized spacial score (nSPS) is 13.9. The smallest absolute Gasteiger partial charge is 0.343 e. The summed E-state index contributed by atoms with van der Waals surface area (Å²) in [7, 11) is 0. The monoisotopic (exact) mass is 483 g/mol. The summed E-state index contributed by atoms with van der Waals surface area (Å²) in [6.45, 7) is 4.98. The first-order valence-corrected chi connectivity index (χ1v) is 12.3. The number of hydrogen-bond acceptors (Lipinski definition) is 6. The fourth-order valence-electron chi connectivity index (χ4n) is 3.65. The second-order valence-electron chi connectivity index (χ2n) is 8.08. The van der Waals surface area contributed by atoms with Gasteiger partial charge in [0, 0.05) is 6.04 Å². The maximum atomic E-state index is 12.6. The number of thiocarbonyl (C=S) groups is 1. The Kier molecular flexibility index (Phi) is 10.2. The summed E-state index contributed by atoms with van der Waals surface area (Å²) in [6.07, 6.45) is 8.62. The van der Waals surface area contributed by atoms with E-state index in [0.29, 0.717) is 41.4 Å². The molecule has 3 rings (SSSR count). The van der Waals surface area contributed by atoms with Gasteiger partial charge in [0.2, 0.25) is 0 Å². The molecule has 0 spiro atoms. The third kappa shape index (κ3) is 8.02. The van der Waals surface area contributed by atoms with Gasteiger partial charge in [-0.1, -0.05) is 26.2 Å². The van der Waals surface area contributed by atoms with Crippen molar-refractivity contribution in [2.45, 2.75) is 58.4 Å². The van der Waals surface area contributed by atoms with Crippen molar-refractivity contribution in [2.24, 2.45) is 5.10 Å². The minimum Gasteiger partial charge on any atom is -0.494 e. The predicted molar refractivity (Wildman–Crippen MR) is 138 cm³/mol. The first kappa shape index (κ1) is 25.5. The van der Waals surface area contributed by atoms with E-state index in [4.69, 9.17) is 26.4 Å². The lowest BCUT2D eigenvalue weighted by atomic mass is 9.96. The number of rotatable bonds is 10. The van der Waals surface area contributed by atoms with Crippen molar-refractivity contribution in [3.05, 3.63) is 53.6 Å². The highest BCUT2D eigenvalue weighted by Gasteiger charge is 2.15. The summed E-state index contributed by atoms with van der Waals surface area (Å²) in [5.41, 5.74) is 4.09. The molecule has 0 radical (unpaired) electrons. The molecule has 2 N–H and O–H groups in total. The SMILES string of the molecule is CCCOc1ccc(C(=O)Oc2ccc(/C=N\NC(=S)NC3CCCCC3)cc2OCC)cc1. The third-order valence-electron chi connectivity index (χ3n) is 5.35. The van der Waals surface area contributed by atoms with Gasteiger partial charge in [-0.05, 0) is 86.4 Å². The van der Waals surface area contributed by atoms with Crippen LogP contribution in [0.5, 0.6) is 17.2 Å². The average molecular weight is 484 g/mol. The zero-order valence-corrected chi connectivity index (χ0v) is 20.7. The molecule has 1 fully saturated rings. The molecule has 7 nitrogen and oxygen atoms in total. The molecule has 0 atom stereocenters. The first-order chi connectivity index (χ1) is 16.6. The fourth-order valence-corrected chi connectivity index (χ4v) is 3.87. The van der Waals surface area contributed by atoms with E-state index in [1.807, 2.05) is 13.8 Å². The van der Waals surface area contributed by atoms with Crippen molar-refractivity contribution in [3.63, 3.8) is 0 Å². The number of hydrogen-bond donors (Lipinski definition) is 2. The molecule has 34 heavy (non-hydrogen) atoms. The standard InChI is InChI=1S/C26H33N3O4S/c1-3-16-32-22-13-11-20(12-14-22)25(30)33-23-15-10-19(17-24(23)31-4-2)18-27-29-26(34)28-21-8-6-5-7-9-21/h10-15,17-18,21H,3-9,16H2,1-2H3,(H2,28,29,34)/b27-18-. The minimum absolute atomic E-state index is 0.345. The fraction of sp³-hybridized carbons (Fsp3) is 0.423. The Hall–Kier alpha value is -3.13. The van der Waals surface area contributed by atoms with Gasteiger partial charge in [0.1, 0.15) is 5.75 Å². The largest absolute Gasteiger partial charge is 0.494 e. The van der Waals surface area contributed by atoms with Crippen molar-refractivity contribution in [1.29, 1.82) is 0 Å². The van der Waals surface area contributed by atoms with Crippen LogP contribution in [0.2, 0.25) is 0 Å². The lowest BCUT2D eigenvalue weighted by Gasteiger charge is -2.23. The average Bonchev–Trinajstić information content (AvgIpc) is 2.85. The number of nitrogens with one attached hydrogen (secondary N) is 2. The highest BCUT2D eigenvalue weighted by Crippen LogP contribution is 2.29. The number of esters is 1. The van der Waals surface area contributed by atoms with E-state index in [9.17, 15) is 4.79 Å². The highest BCUT2D eigenvalue weighted by atomic mass is 32.1. The number of ether oxygens (including phenoxy) is 3. The lowest BCUT2D eigenvalue weighted by Crippen LogP contribution is -2.40. The molecule has 0 amide bonds. The van der Waals surface area contributed by atoms with Crippen LogP contribution in [0, 0.1) is 0 Å². The Labute approximate surface area is 206 Å². The Balaban J connectivity index is 1.59. The second kappa shape index (κ2) is 13.5. The van der Waals surface area contributed by atoms with Crippen molar-refractivity contribution in [1.82, 2.24) is 10.7 Å². The minimum atomic E-state index is -0.467. The quantitative estimate of drug-likeness (QED) is 0.158. The van der Waals surface area contributed by atoms with E-state index in [-0.39, 0.29) is 0 Å². The zero-order valence-electron chi connectivity index (χ0n) is 19.8. The summed E-state index contributed by atoms with van der Waals surface area (Å²) in [4.78, 5) is 12.6. The molecule has 2 aromatic carbocycles. The second-order valence-corrected chi connectivity index (χ2v) is 8.49. The van der Waals surface area contributed by atoms with Gasteiger partial charge in [0.05, 0.1) is 25.0 Å². The van der Waals surface area contributed by atoms with Gasteiger partial charge in [-0.3, -0.25) is 5.43 Å². The molecular weight excluding hydrogens is 450 g/mol. The third-order valence-corrected chi connectivity index (χ3v) is 5.56. The van der Waals surface area contributed by atoms with E-state index in [1.165, 1.54) is 19.3 Å². The molecule has 2 aromatic rings. The van der Waals surface area contributed by atoms with E-state index in [1.54, 1.807) is 48.7 Å². The molecule has 0 saturated heterocycles. The van der Waals surface area contributed by atoms with Crippen LogP contribution in [-0.4, -0.2) is 36.6 Å². The van der Waals surface area contributed by atoms with Gasteiger partial charge >= 0.3 is 5.97 Å². The van der Waals surface area contributed by atoms with E-state index in [2.05, 4.69) is 15.8 Å². The van der Waals surface area contributed by atoms with Gasteiger partial charge in [0.15, 0.2) is 16.6 Å². The number of nitrogens with zero attached hydrogens (tertiary/aromatic N) is 1. The zero-order chi connectivity index (χ0) is 24.2. The first-order valence-electron chi connectivity index (χ1n) is 11.9. The maximum Gasteiger partial charge on any atom is 0.343 e. The lowest BCUT2D eigenvalue weighted by molar-refractivity contribution is 0.0728.